The van der Waals surface area contributed by atoms with Crippen LogP contribution in [-0.4, -0.2) is 35.1 Å². The smallest absolute Gasteiger partial charge is 0.267 e. The van der Waals surface area contributed by atoms with Crippen LogP contribution in [0.2, 0.25) is 0 Å². The van der Waals surface area contributed by atoms with E-state index in [1.807, 2.05) is 12.1 Å². The van der Waals surface area contributed by atoms with Gasteiger partial charge in [0, 0.05) is 12.6 Å². The molecule has 1 fully saturated rings. The summed E-state index contributed by atoms with van der Waals surface area (Å²) >= 11 is 0. The van der Waals surface area contributed by atoms with Crippen LogP contribution in [0.1, 0.15) is 30.4 Å². The summed E-state index contributed by atoms with van der Waals surface area (Å²) in [6.07, 6.45) is 4.39. The van der Waals surface area contributed by atoms with E-state index < -0.39 is 11.9 Å². The second kappa shape index (κ2) is 5.16. The van der Waals surface area contributed by atoms with Crippen molar-refractivity contribution < 1.29 is 10.0 Å². The minimum atomic E-state index is -0.646. The number of rotatable bonds is 3. The van der Waals surface area contributed by atoms with Crippen molar-refractivity contribution in [3.8, 4) is 0 Å². The number of nitrogens with zero attached hydrogens (tertiary/aromatic N) is 2. The molecular weight excluding hydrogens is 254 g/mol. The molecule has 0 spiro atoms. The van der Waals surface area contributed by atoms with E-state index in [1.54, 1.807) is 0 Å². The number of anilines is 1. The molecule has 108 valence electrons. The number of nitrogens with two attached hydrogens (primary N) is 1. The van der Waals surface area contributed by atoms with Crippen molar-refractivity contribution in [2.45, 2.75) is 44.3 Å². The van der Waals surface area contributed by atoms with Crippen molar-refractivity contribution in [2.24, 2.45) is 5.73 Å². The standard InChI is InChI=1S/C15H21N3O2/c1-17(12-3-2-4-12)9-10-5-6-14-11(7-10)8-13(16)15(19)18(14)20/h5-7,12-13,20H,2-4,8-9,16H2,1H3/t13-/m0/s1. The fraction of sp³-hybridized carbons (Fsp3) is 0.533. The SMILES string of the molecule is CN(Cc1ccc2c(c1)C[C@H](N)C(=O)N2O)C1CCC1. The van der Waals surface area contributed by atoms with Crippen LogP contribution >= 0.6 is 0 Å². The average molecular weight is 275 g/mol. The molecule has 1 aromatic carbocycles. The van der Waals surface area contributed by atoms with Crippen molar-refractivity contribution in [1.82, 2.24) is 4.90 Å². The van der Waals surface area contributed by atoms with Gasteiger partial charge in [0.05, 0.1) is 11.7 Å². The maximum absolute atomic E-state index is 11.6. The van der Waals surface area contributed by atoms with Gasteiger partial charge >= 0.3 is 0 Å². The molecule has 0 bridgehead atoms. The fourth-order valence-corrected chi connectivity index (χ4v) is 2.95. The molecule has 1 saturated carbocycles. The van der Waals surface area contributed by atoms with Crippen LogP contribution in [0.4, 0.5) is 5.69 Å². The number of hydrogen-bond acceptors (Lipinski definition) is 4. The summed E-state index contributed by atoms with van der Waals surface area (Å²) in [5, 5.41) is 10.5. The van der Waals surface area contributed by atoms with Crippen molar-refractivity contribution >= 4 is 11.6 Å². The lowest BCUT2D eigenvalue weighted by Crippen LogP contribution is -2.47. The lowest BCUT2D eigenvalue weighted by Gasteiger charge is -2.35. The molecule has 5 nitrogen and oxygen atoms in total. The van der Waals surface area contributed by atoms with Gasteiger partial charge in [-0.2, -0.15) is 5.06 Å². The highest BCUT2D eigenvalue weighted by molar-refractivity contribution is 5.98. The number of hydroxylamine groups is 1. The van der Waals surface area contributed by atoms with Crippen LogP contribution < -0.4 is 10.8 Å². The van der Waals surface area contributed by atoms with Crippen molar-refractivity contribution in [3.63, 3.8) is 0 Å². The molecule has 3 rings (SSSR count). The first-order valence-electron chi connectivity index (χ1n) is 7.16. The second-order valence-corrected chi connectivity index (χ2v) is 5.92. The summed E-state index contributed by atoms with van der Waals surface area (Å²) in [5.41, 5.74) is 8.46. The molecule has 3 N–H and O–H groups in total. The van der Waals surface area contributed by atoms with Gasteiger partial charge in [-0.1, -0.05) is 18.6 Å². The molecule has 5 heteroatoms. The molecule has 1 heterocycles. The second-order valence-electron chi connectivity index (χ2n) is 5.92. The zero-order valence-corrected chi connectivity index (χ0v) is 11.7. The third-order valence-corrected chi connectivity index (χ3v) is 4.47. The predicted octanol–water partition coefficient (Wildman–Crippen LogP) is 1.28. The number of fused-ring (bicyclic) bond motifs is 1. The van der Waals surface area contributed by atoms with Crippen LogP contribution in [0.25, 0.3) is 0 Å². The van der Waals surface area contributed by atoms with E-state index in [-0.39, 0.29) is 0 Å². The zero-order valence-electron chi connectivity index (χ0n) is 11.7. The maximum Gasteiger partial charge on any atom is 0.267 e. The van der Waals surface area contributed by atoms with Gasteiger partial charge in [0.25, 0.3) is 5.91 Å². The van der Waals surface area contributed by atoms with Crippen molar-refractivity contribution in [1.29, 1.82) is 0 Å². The predicted molar refractivity (Wildman–Crippen MR) is 76.5 cm³/mol. The third kappa shape index (κ3) is 2.32. The summed E-state index contributed by atoms with van der Waals surface area (Å²) in [7, 11) is 2.15. The van der Waals surface area contributed by atoms with Crippen LogP contribution in [0.3, 0.4) is 0 Å². The first-order valence-corrected chi connectivity index (χ1v) is 7.16. The molecule has 1 atom stereocenters. The highest BCUT2D eigenvalue weighted by Gasteiger charge is 2.30. The lowest BCUT2D eigenvalue weighted by molar-refractivity contribution is -0.125. The summed E-state index contributed by atoms with van der Waals surface area (Å²) in [6.45, 7) is 0.895. The monoisotopic (exact) mass is 275 g/mol. The van der Waals surface area contributed by atoms with E-state index in [1.165, 1.54) is 24.8 Å². The Morgan fingerprint density at radius 2 is 2.20 bits per heavy atom. The largest absolute Gasteiger partial charge is 0.320 e. The summed E-state index contributed by atoms with van der Waals surface area (Å²) < 4.78 is 0. The Hall–Kier alpha value is -1.43. The Morgan fingerprint density at radius 1 is 1.45 bits per heavy atom. The molecule has 1 aliphatic carbocycles. The fourth-order valence-electron chi connectivity index (χ4n) is 2.95. The third-order valence-electron chi connectivity index (χ3n) is 4.47. The first kappa shape index (κ1) is 13.5. The summed E-state index contributed by atoms with van der Waals surface area (Å²) in [4.78, 5) is 14.0. The Morgan fingerprint density at radius 3 is 2.85 bits per heavy atom. The van der Waals surface area contributed by atoms with E-state index in [2.05, 4.69) is 18.0 Å². The van der Waals surface area contributed by atoms with Crippen LogP contribution in [0, 0.1) is 0 Å². The number of hydrogen-bond donors (Lipinski definition) is 2. The van der Waals surface area contributed by atoms with Gasteiger partial charge in [-0.05, 0) is 43.5 Å². The van der Waals surface area contributed by atoms with E-state index in [4.69, 9.17) is 5.73 Å². The van der Waals surface area contributed by atoms with Gasteiger partial charge < -0.3 is 5.73 Å². The van der Waals surface area contributed by atoms with Gasteiger partial charge in [-0.25, -0.2) is 0 Å². The van der Waals surface area contributed by atoms with E-state index in [0.717, 1.165) is 12.1 Å². The highest BCUT2D eigenvalue weighted by atomic mass is 16.5. The first-order chi connectivity index (χ1) is 9.56. The molecular formula is C15H21N3O2. The molecule has 0 saturated heterocycles. The molecule has 1 amide bonds. The van der Waals surface area contributed by atoms with E-state index in [9.17, 15) is 10.0 Å². The summed E-state index contributed by atoms with van der Waals surface area (Å²) in [6, 6.07) is 5.89. The number of carbonyl (C=O) groups is 1. The Kier molecular flexibility index (Phi) is 3.50. The van der Waals surface area contributed by atoms with Gasteiger partial charge in [0.1, 0.15) is 0 Å². The lowest BCUT2D eigenvalue weighted by atomic mass is 9.91. The Balaban J connectivity index is 1.78. The average Bonchev–Trinajstić information content (AvgIpc) is 2.33. The van der Waals surface area contributed by atoms with Crippen LogP contribution in [0.15, 0.2) is 18.2 Å². The quantitative estimate of drug-likeness (QED) is 0.815. The Labute approximate surface area is 118 Å². The van der Waals surface area contributed by atoms with Crippen molar-refractivity contribution in [3.05, 3.63) is 29.3 Å². The van der Waals surface area contributed by atoms with Crippen LogP contribution in [0.5, 0.6) is 0 Å². The maximum atomic E-state index is 11.6. The minimum Gasteiger partial charge on any atom is -0.320 e. The molecule has 1 aromatic rings. The molecule has 0 radical (unpaired) electrons. The van der Waals surface area contributed by atoms with Gasteiger partial charge in [-0.3, -0.25) is 14.9 Å². The molecule has 1 aliphatic heterocycles. The number of carbonyl (C=O) groups excluding carboxylic acids is 1. The zero-order chi connectivity index (χ0) is 14.3. The molecule has 2 aliphatic rings. The Bertz CT molecular complexity index is 528. The topological polar surface area (TPSA) is 69.8 Å². The summed E-state index contributed by atoms with van der Waals surface area (Å²) in [5.74, 6) is -0.433. The minimum absolute atomic E-state index is 0.433. The highest BCUT2D eigenvalue weighted by Crippen LogP contribution is 2.29. The number of amides is 1. The molecule has 0 aromatic heterocycles. The van der Waals surface area contributed by atoms with Gasteiger partial charge in [0.2, 0.25) is 0 Å². The molecule has 0 unspecified atom stereocenters. The van der Waals surface area contributed by atoms with Crippen molar-refractivity contribution in [2.75, 3.05) is 12.1 Å². The normalized spacial score (nSPS) is 22.9. The van der Waals surface area contributed by atoms with Gasteiger partial charge in [-0.15, -0.1) is 0 Å². The van der Waals surface area contributed by atoms with E-state index >= 15 is 0 Å². The number of benzene rings is 1. The molecule has 20 heavy (non-hydrogen) atoms. The van der Waals surface area contributed by atoms with Crippen LogP contribution in [-0.2, 0) is 17.8 Å². The van der Waals surface area contributed by atoms with E-state index in [0.29, 0.717) is 23.2 Å². The van der Waals surface area contributed by atoms with Gasteiger partial charge in [0.15, 0.2) is 0 Å².